The topological polar surface area (TPSA) is 78.9 Å². The summed E-state index contributed by atoms with van der Waals surface area (Å²) in [5.41, 5.74) is 0.472. The molecular formula is C13H14FIN2O4. The van der Waals surface area contributed by atoms with Crippen LogP contribution in [0.5, 0.6) is 0 Å². The molecule has 1 heterocycles. The molecule has 0 bridgehead atoms. The molecule has 6 nitrogen and oxygen atoms in total. The fourth-order valence-electron chi connectivity index (χ4n) is 2.11. The van der Waals surface area contributed by atoms with Crippen molar-refractivity contribution < 1.29 is 23.8 Å². The highest BCUT2D eigenvalue weighted by atomic mass is 127. The van der Waals surface area contributed by atoms with Crippen LogP contribution in [0.15, 0.2) is 18.2 Å². The lowest BCUT2D eigenvalue weighted by atomic mass is 10.0. The molecule has 8 heteroatoms. The second-order valence-corrected chi connectivity index (χ2v) is 5.88. The molecule has 0 aromatic heterocycles. The summed E-state index contributed by atoms with van der Waals surface area (Å²) < 4.78 is 18.7. The van der Waals surface area contributed by atoms with Crippen LogP contribution in [-0.2, 0) is 9.53 Å². The number of urea groups is 1. The van der Waals surface area contributed by atoms with E-state index < -0.39 is 24.0 Å². The highest BCUT2D eigenvalue weighted by molar-refractivity contribution is 14.1. The van der Waals surface area contributed by atoms with E-state index in [9.17, 15) is 14.0 Å². The van der Waals surface area contributed by atoms with Crippen LogP contribution in [0.1, 0.15) is 0 Å². The van der Waals surface area contributed by atoms with Crippen LogP contribution in [0.25, 0.3) is 0 Å². The van der Waals surface area contributed by atoms with Gasteiger partial charge in [-0.2, -0.15) is 0 Å². The minimum absolute atomic E-state index is 0.0890. The van der Waals surface area contributed by atoms with Gasteiger partial charge in [0.1, 0.15) is 11.7 Å². The van der Waals surface area contributed by atoms with E-state index in [1.807, 2.05) is 22.6 Å². The van der Waals surface area contributed by atoms with Crippen LogP contribution < -0.4 is 5.32 Å². The van der Waals surface area contributed by atoms with E-state index in [4.69, 9.17) is 9.84 Å². The van der Waals surface area contributed by atoms with Gasteiger partial charge < -0.3 is 20.1 Å². The molecule has 1 saturated heterocycles. The number of benzene rings is 1. The number of nitrogens with zero attached hydrogens (tertiary/aromatic N) is 1. The predicted molar refractivity (Wildman–Crippen MR) is 81.6 cm³/mol. The Balaban J connectivity index is 2.07. The minimum Gasteiger partial charge on any atom is -0.481 e. The molecule has 2 amide bonds. The summed E-state index contributed by atoms with van der Waals surface area (Å²) in [5, 5.41) is 11.7. The van der Waals surface area contributed by atoms with Gasteiger partial charge in [0.2, 0.25) is 0 Å². The third kappa shape index (κ3) is 3.62. The van der Waals surface area contributed by atoms with E-state index in [0.717, 1.165) is 0 Å². The fourth-order valence-corrected chi connectivity index (χ4v) is 2.72. The van der Waals surface area contributed by atoms with Crippen LogP contribution in [0.2, 0.25) is 0 Å². The number of halogens is 2. The summed E-state index contributed by atoms with van der Waals surface area (Å²) >= 11 is 1.91. The summed E-state index contributed by atoms with van der Waals surface area (Å²) in [6.07, 6.45) is 0. The number of amides is 2. The molecule has 0 aliphatic carbocycles. The quantitative estimate of drug-likeness (QED) is 0.751. The number of rotatable bonds is 3. The van der Waals surface area contributed by atoms with E-state index in [-0.39, 0.29) is 19.0 Å². The summed E-state index contributed by atoms with van der Waals surface area (Å²) in [5.74, 6) is -2.12. The van der Waals surface area contributed by atoms with Gasteiger partial charge >= 0.3 is 12.0 Å². The molecule has 2 N–H and O–H groups in total. The van der Waals surface area contributed by atoms with Crippen molar-refractivity contribution in [2.24, 2.45) is 5.92 Å². The molecular weight excluding hydrogens is 394 g/mol. The van der Waals surface area contributed by atoms with E-state index in [2.05, 4.69) is 5.32 Å². The first-order chi connectivity index (χ1) is 9.90. The fraction of sp³-hybridized carbons (Fsp3) is 0.385. The Labute approximate surface area is 134 Å². The lowest BCUT2D eigenvalue weighted by Gasteiger charge is -2.26. The molecule has 2 unspecified atom stereocenters. The highest BCUT2D eigenvalue weighted by Crippen LogP contribution is 2.22. The van der Waals surface area contributed by atoms with Gasteiger partial charge in [0.05, 0.1) is 24.9 Å². The maximum absolute atomic E-state index is 13.0. The van der Waals surface area contributed by atoms with Crippen molar-refractivity contribution in [1.82, 2.24) is 4.90 Å². The van der Waals surface area contributed by atoms with Crippen LogP contribution >= 0.6 is 22.6 Å². The molecule has 2 rings (SSSR count). The van der Waals surface area contributed by atoms with Gasteiger partial charge in [0.15, 0.2) is 0 Å². The second kappa shape index (κ2) is 6.56. The minimum atomic E-state index is -0.992. The number of hydrogen-bond acceptors (Lipinski definition) is 3. The largest absolute Gasteiger partial charge is 0.481 e. The van der Waals surface area contributed by atoms with Gasteiger partial charge in [0.25, 0.3) is 0 Å². The molecule has 1 aliphatic rings. The first kappa shape index (κ1) is 16.0. The molecule has 0 spiro atoms. The zero-order chi connectivity index (χ0) is 15.6. The Hall–Kier alpha value is -1.42. The van der Waals surface area contributed by atoms with Gasteiger partial charge in [0, 0.05) is 10.6 Å². The van der Waals surface area contributed by atoms with Crippen molar-refractivity contribution >= 4 is 40.3 Å². The van der Waals surface area contributed by atoms with Crippen molar-refractivity contribution in [3.8, 4) is 0 Å². The maximum atomic E-state index is 13.0. The molecule has 0 radical (unpaired) electrons. The van der Waals surface area contributed by atoms with Crippen LogP contribution in [0, 0.1) is 15.3 Å². The van der Waals surface area contributed by atoms with Gasteiger partial charge in [-0.25, -0.2) is 9.18 Å². The lowest BCUT2D eigenvalue weighted by molar-refractivity contribution is -0.142. The first-order valence-electron chi connectivity index (χ1n) is 6.19. The van der Waals surface area contributed by atoms with Crippen molar-refractivity contribution in [1.29, 1.82) is 0 Å². The van der Waals surface area contributed by atoms with Gasteiger partial charge in [-0.15, -0.1) is 0 Å². The number of nitrogens with one attached hydrogen (secondary N) is 1. The van der Waals surface area contributed by atoms with Crippen molar-refractivity contribution in [2.75, 3.05) is 25.6 Å². The Kier molecular flexibility index (Phi) is 4.99. The number of carboxylic acids is 1. The summed E-state index contributed by atoms with van der Waals surface area (Å²) in [6.45, 7) is 0.271. The zero-order valence-electron chi connectivity index (χ0n) is 11.2. The Morgan fingerprint density at radius 2 is 2.19 bits per heavy atom. The predicted octanol–water partition coefficient (Wildman–Crippen LogP) is 1.99. The number of carbonyl (C=O) groups excluding carboxylic acids is 1. The third-order valence-corrected chi connectivity index (χ3v) is 4.25. The maximum Gasteiger partial charge on any atom is 0.321 e. The van der Waals surface area contributed by atoms with Crippen LogP contribution in [0.3, 0.4) is 0 Å². The molecule has 21 heavy (non-hydrogen) atoms. The molecule has 1 aliphatic heterocycles. The van der Waals surface area contributed by atoms with Gasteiger partial charge in [-0.3, -0.25) is 4.79 Å². The number of anilines is 1. The average Bonchev–Trinajstić information content (AvgIpc) is 2.90. The van der Waals surface area contributed by atoms with Crippen molar-refractivity contribution in [3.63, 3.8) is 0 Å². The molecule has 2 atom stereocenters. The van der Waals surface area contributed by atoms with Gasteiger partial charge in [-0.05, 0) is 40.8 Å². The Morgan fingerprint density at radius 1 is 1.48 bits per heavy atom. The van der Waals surface area contributed by atoms with E-state index in [1.165, 1.54) is 30.1 Å². The average molecular weight is 408 g/mol. The Bertz CT molecular complexity index is 569. The monoisotopic (exact) mass is 408 g/mol. The molecule has 1 aromatic rings. The lowest BCUT2D eigenvalue weighted by Crippen LogP contribution is -2.46. The number of carbonyl (C=O) groups is 2. The van der Waals surface area contributed by atoms with E-state index >= 15 is 0 Å². The van der Waals surface area contributed by atoms with Crippen LogP contribution in [-0.4, -0.2) is 48.3 Å². The van der Waals surface area contributed by atoms with E-state index in [0.29, 0.717) is 9.26 Å². The number of aliphatic carboxylic acids is 1. The third-order valence-electron chi connectivity index (χ3n) is 3.36. The summed E-state index contributed by atoms with van der Waals surface area (Å²) in [6, 6.07) is 3.02. The zero-order valence-corrected chi connectivity index (χ0v) is 13.3. The molecule has 1 fully saturated rings. The Morgan fingerprint density at radius 3 is 2.81 bits per heavy atom. The normalized spacial score (nSPS) is 21.1. The number of carboxylic acid groups (broad SMARTS) is 1. The van der Waals surface area contributed by atoms with Crippen molar-refractivity contribution in [3.05, 3.63) is 27.6 Å². The van der Waals surface area contributed by atoms with Crippen molar-refractivity contribution in [2.45, 2.75) is 6.04 Å². The molecule has 1 aromatic carbocycles. The number of likely N-dealkylation sites (N-methyl/N-ethyl adjacent to an activating group) is 1. The molecule has 0 saturated carbocycles. The SMILES string of the molecule is CN(C(=O)Nc1ccc(F)cc1I)C1COCC1C(=O)O. The standard InChI is InChI=1S/C13H14FIN2O4/c1-17(11-6-21-5-8(11)12(18)19)13(20)16-10-3-2-7(14)4-9(10)15/h2-4,8,11H,5-6H2,1H3,(H,16,20)(H,18,19). The molecule has 114 valence electrons. The van der Waals surface area contributed by atoms with Crippen LogP contribution in [0.4, 0.5) is 14.9 Å². The number of hydrogen-bond donors (Lipinski definition) is 2. The second-order valence-electron chi connectivity index (χ2n) is 4.71. The summed E-state index contributed by atoms with van der Waals surface area (Å²) in [7, 11) is 1.51. The highest BCUT2D eigenvalue weighted by Gasteiger charge is 2.38. The van der Waals surface area contributed by atoms with Gasteiger partial charge in [-0.1, -0.05) is 0 Å². The first-order valence-corrected chi connectivity index (χ1v) is 7.27. The summed E-state index contributed by atoms with van der Waals surface area (Å²) in [4.78, 5) is 24.6. The number of ether oxygens (including phenoxy) is 1. The smallest absolute Gasteiger partial charge is 0.321 e. The van der Waals surface area contributed by atoms with E-state index in [1.54, 1.807) is 0 Å².